The Balaban J connectivity index is 3.77. The van der Waals surface area contributed by atoms with Gasteiger partial charge in [0.1, 0.15) is 0 Å². The quantitative estimate of drug-likeness (QED) is 0.395. The predicted molar refractivity (Wildman–Crippen MR) is 72.5 cm³/mol. The molecule has 0 unspecified atom stereocenters. The van der Waals surface area contributed by atoms with E-state index in [9.17, 15) is 0 Å². The topological polar surface area (TPSA) is 58.9 Å². The summed E-state index contributed by atoms with van der Waals surface area (Å²) in [5.41, 5.74) is 0. The van der Waals surface area contributed by atoms with Gasteiger partial charge < -0.3 is 19.7 Å². The van der Waals surface area contributed by atoms with Gasteiger partial charge in [0.25, 0.3) is 0 Å². The number of hydrogen-bond donors (Lipinski definition) is 2. The summed E-state index contributed by atoms with van der Waals surface area (Å²) in [5, 5.41) is 17.6. The summed E-state index contributed by atoms with van der Waals surface area (Å²) in [5.74, 6) is -0.670. The maximum absolute atomic E-state index is 8.79. The average molecular weight is 262 g/mol. The molecule has 0 aliphatic carbocycles. The molecule has 0 aromatic carbocycles. The lowest BCUT2D eigenvalue weighted by molar-refractivity contribution is -0.236. The van der Waals surface area contributed by atoms with E-state index in [2.05, 4.69) is 6.92 Å². The van der Waals surface area contributed by atoms with Crippen LogP contribution in [0.15, 0.2) is 0 Å². The average Bonchev–Trinajstić information content (AvgIpc) is 2.38. The fourth-order valence-corrected chi connectivity index (χ4v) is 1.94. The lowest BCUT2D eigenvalue weighted by atomic mass is 10.1. The summed E-state index contributed by atoms with van der Waals surface area (Å²) in [6, 6.07) is 0. The van der Waals surface area contributed by atoms with Crippen molar-refractivity contribution in [2.24, 2.45) is 0 Å². The van der Waals surface area contributed by atoms with Gasteiger partial charge in [0.15, 0.2) is 5.79 Å². The largest absolute Gasteiger partial charge is 0.394 e. The molecular formula is C14H30O4. The van der Waals surface area contributed by atoms with Crippen LogP contribution in [0.4, 0.5) is 0 Å². The number of hydrogen-bond acceptors (Lipinski definition) is 4. The normalized spacial score (nSPS) is 12.0. The molecule has 0 fully saturated rings. The van der Waals surface area contributed by atoms with Crippen LogP contribution < -0.4 is 0 Å². The van der Waals surface area contributed by atoms with Gasteiger partial charge in [-0.05, 0) is 13.3 Å². The highest BCUT2D eigenvalue weighted by Crippen LogP contribution is 2.21. The molecular weight excluding hydrogens is 232 g/mol. The molecule has 0 bridgehead atoms. The van der Waals surface area contributed by atoms with E-state index < -0.39 is 5.79 Å². The van der Waals surface area contributed by atoms with E-state index in [1.165, 1.54) is 32.1 Å². The molecule has 110 valence electrons. The smallest absolute Gasteiger partial charge is 0.165 e. The first-order valence-electron chi connectivity index (χ1n) is 7.18. The molecule has 4 heteroatoms. The minimum atomic E-state index is -0.670. The molecule has 0 atom stereocenters. The van der Waals surface area contributed by atoms with Crippen LogP contribution in [0.2, 0.25) is 0 Å². The summed E-state index contributed by atoms with van der Waals surface area (Å²) in [4.78, 5) is 0. The fourth-order valence-electron chi connectivity index (χ4n) is 1.94. The number of rotatable bonds is 13. The molecule has 0 radical (unpaired) electrons. The summed E-state index contributed by atoms with van der Waals surface area (Å²) >= 11 is 0. The van der Waals surface area contributed by atoms with Crippen LogP contribution in [0.25, 0.3) is 0 Å². The third kappa shape index (κ3) is 9.83. The Hall–Kier alpha value is -0.160. The molecule has 0 aliphatic heterocycles. The Bertz CT molecular complexity index is 165. The van der Waals surface area contributed by atoms with Gasteiger partial charge in [-0.25, -0.2) is 0 Å². The maximum Gasteiger partial charge on any atom is 0.165 e. The van der Waals surface area contributed by atoms with Crippen molar-refractivity contribution in [3.8, 4) is 0 Å². The Morgan fingerprint density at radius 1 is 0.833 bits per heavy atom. The van der Waals surface area contributed by atoms with E-state index in [1.54, 1.807) is 0 Å². The molecule has 0 aromatic heterocycles. The molecule has 0 amide bonds. The van der Waals surface area contributed by atoms with Crippen LogP contribution in [0.5, 0.6) is 0 Å². The van der Waals surface area contributed by atoms with E-state index in [4.69, 9.17) is 19.7 Å². The van der Waals surface area contributed by atoms with E-state index >= 15 is 0 Å². The van der Waals surface area contributed by atoms with Crippen LogP contribution in [0.1, 0.15) is 58.8 Å². The molecule has 0 spiro atoms. The van der Waals surface area contributed by atoms with Crippen LogP contribution in [0.3, 0.4) is 0 Å². The van der Waals surface area contributed by atoms with Crippen molar-refractivity contribution in [1.82, 2.24) is 0 Å². The monoisotopic (exact) mass is 262 g/mol. The van der Waals surface area contributed by atoms with Crippen molar-refractivity contribution in [2.75, 3.05) is 26.4 Å². The molecule has 0 saturated carbocycles. The first-order valence-corrected chi connectivity index (χ1v) is 7.18. The Kier molecular flexibility index (Phi) is 11.8. The maximum atomic E-state index is 8.79. The molecule has 0 saturated heterocycles. The highest BCUT2D eigenvalue weighted by molar-refractivity contribution is 4.64. The highest BCUT2D eigenvalue weighted by atomic mass is 16.7. The summed E-state index contributed by atoms with van der Waals surface area (Å²) in [7, 11) is 0. The Morgan fingerprint density at radius 2 is 1.33 bits per heavy atom. The third-order valence-corrected chi connectivity index (χ3v) is 2.98. The molecule has 2 N–H and O–H groups in total. The van der Waals surface area contributed by atoms with Gasteiger partial charge in [0.2, 0.25) is 0 Å². The second-order valence-corrected chi connectivity index (χ2v) is 4.80. The van der Waals surface area contributed by atoms with E-state index in [1.807, 2.05) is 6.92 Å². The van der Waals surface area contributed by atoms with Crippen molar-refractivity contribution in [3.05, 3.63) is 0 Å². The van der Waals surface area contributed by atoms with Crippen molar-refractivity contribution < 1.29 is 19.7 Å². The zero-order valence-electron chi connectivity index (χ0n) is 12.0. The predicted octanol–water partition coefficient (Wildman–Crippen LogP) is 2.47. The molecule has 0 aliphatic rings. The zero-order chi connectivity index (χ0) is 13.7. The Labute approximate surface area is 111 Å². The highest BCUT2D eigenvalue weighted by Gasteiger charge is 2.24. The summed E-state index contributed by atoms with van der Waals surface area (Å²) in [6.45, 7) is 4.63. The first kappa shape index (κ1) is 17.8. The number of ether oxygens (including phenoxy) is 2. The molecule has 4 nitrogen and oxygen atoms in total. The molecule has 0 rings (SSSR count). The standard InChI is InChI=1S/C14H30O4/c1-3-4-5-6-7-8-9-14(2,17-12-10-15)18-13-11-16/h15-16H,3-13H2,1-2H3. The lowest BCUT2D eigenvalue weighted by Crippen LogP contribution is -2.34. The van der Waals surface area contributed by atoms with Gasteiger partial charge in [0, 0.05) is 6.42 Å². The Morgan fingerprint density at radius 3 is 1.83 bits per heavy atom. The minimum absolute atomic E-state index is 0.00538. The fraction of sp³-hybridized carbons (Fsp3) is 1.00. The second kappa shape index (κ2) is 11.9. The first-order chi connectivity index (χ1) is 8.68. The van der Waals surface area contributed by atoms with Gasteiger partial charge in [0.05, 0.1) is 26.4 Å². The number of aliphatic hydroxyl groups is 2. The second-order valence-electron chi connectivity index (χ2n) is 4.80. The molecule has 0 aromatic rings. The van der Waals surface area contributed by atoms with Crippen molar-refractivity contribution in [1.29, 1.82) is 0 Å². The molecule has 0 heterocycles. The van der Waals surface area contributed by atoms with E-state index in [0.29, 0.717) is 0 Å². The van der Waals surface area contributed by atoms with Gasteiger partial charge in [-0.1, -0.05) is 39.0 Å². The summed E-state index contributed by atoms with van der Waals surface area (Å²) in [6.07, 6.45) is 8.15. The number of aliphatic hydroxyl groups excluding tert-OH is 2. The molecule has 18 heavy (non-hydrogen) atoms. The van der Waals surface area contributed by atoms with Crippen LogP contribution >= 0.6 is 0 Å². The van der Waals surface area contributed by atoms with Crippen LogP contribution in [-0.4, -0.2) is 42.4 Å². The minimum Gasteiger partial charge on any atom is -0.394 e. The summed E-state index contributed by atoms with van der Waals surface area (Å²) < 4.78 is 11.1. The zero-order valence-corrected chi connectivity index (χ0v) is 12.0. The lowest BCUT2D eigenvalue weighted by Gasteiger charge is -2.29. The van der Waals surface area contributed by atoms with E-state index in [0.717, 1.165) is 12.8 Å². The van der Waals surface area contributed by atoms with Crippen molar-refractivity contribution in [2.45, 2.75) is 64.6 Å². The van der Waals surface area contributed by atoms with Crippen molar-refractivity contribution >= 4 is 0 Å². The SMILES string of the molecule is CCCCCCCCC(C)(OCCO)OCCO. The van der Waals surface area contributed by atoms with Gasteiger partial charge in [-0.3, -0.25) is 0 Å². The number of unbranched alkanes of at least 4 members (excludes halogenated alkanes) is 5. The van der Waals surface area contributed by atoms with Crippen LogP contribution in [0, 0.1) is 0 Å². The van der Waals surface area contributed by atoms with Crippen LogP contribution in [-0.2, 0) is 9.47 Å². The van der Waals surface area contributed by atoms with Gasteiger partial charge in [-0.15, -0.1) is 0 Å². The van der Waals surface area contributed by atoms with Gasteiger partial charge >= 0.3 is 0 Å². The third-order valence-electron chi connectivity index (χ3n) is 2.98. The van der Waals surface area contributed by atoms with Gasteiger partial charge in [-0.2, -0.15) is 0 Å². The van der Waals surface area contributed by atoms with Crippen molar-refractivity contribution in [3.63, 3.8) is 0 Å². The van der Waals surface area contributed by atoms with E-state index in [-0.39, 0.29) is 26.4 Å².